The summed E-state index contributed by atoms with van der Waals surface area (Å²) in [5.41, 5.74) is 3.49. The molecule has 2 fully saturated rings. The van der Waals surface area contributed by atoms with Crippen LogP contribution in [0.15, 0.2) is 23.8 Å². The number of nitrogens with zero attached hydrogens (tertiary/aromatic N) is 4. The van der Waals surface area contributed by atoms with Crippen molar-refractivity contribution >= 4 is 12.2 Å². The van der Waals surface area contributed by atoms with Crippen molar-refractivity contribution in [1.82, 2.24) is 24.7 Å². The van der Waals surface area contributed by atoms with E-state index in [1.54, 1.807) is 4.90 Å². The molecule has 0 aromatic carbocycles. The number of methoxy groups -OCH3 is 2. The molecule has 3 aliphatic heterocycles. The second-order valence-electron chi connectivity index (χ2n) is 11.1. The molecule has 0 spiro atoms. The lowest BCUT2D eigenvalue weighted by molar-refractivity contribution is 0.0968. The first kappa shape index (κ1) is 25.8. The van der Waals surface area contributed by atoms with E-state index in [9.17, 15) is 9.59 Å². The van der Waals surface area contributed by atoms with Crippen LogP contribution in [-0.2, 0) is 22.4 Å². The van der Waals surface area contributed by atoms with Gasteiger partial charge in [0.15, 0.2) is 0 Å². The number of fused-ring (bicyclic) bond motifs is 3. The van der Waals surface area contributed by atoms with Gasteiger partial charge in [0.05, 0.1) is 38.2 Å². The molecular formula is C28H41N5O4. The van der Waals surface area contributed by atoms with Gasteiger partial charge in [-0.3, -0.25) is 4.90 Å². The van der Waals surface area contributed by atoms with Gasteiger partial charge >= 0.3 is 12.2 Å². The Labute approximate surface area is 219 Å². The van der Waals surface area contributed by atoms with Crippen molar-refractivity contribution in [2.75, 3.05) is 27.3 Å². The summed E-state index contributed by atoms with van der Waals surface area (Å²) in [6.45, 7) is 6.49. The van der Waals surface area contributed by atoms with Crippen molar-refractivity contribution in [2.45, 2.75) is 89.5 Å². The molecule has 1 aromatic rings. The largest absolute Gasteiger partial charge is 0.453 e. The predicted molar refractivity (Wildman–Crippen MR) is 140 cm³/mol. The number of carbonyl (C=O) groups is 2. The van der Waals surface area contributed by atoms with E-state index >= 15 is 0 Å². The van der Waals surface area contributed by atoms with Crippen LogP contribution in [-0.4, -0.2) is 77.0 Å². The van der Waals surface area contributed by atoms with Crippen molar-refractivity contribution in [3.63, 3.8) is 0 Å². The van der Waals surface area contributed by atoms with Crippen molar-refractivity contribution in [3.8, 4) is 0 Å². The third kappa shape index (κ3) is 5.28. The van der Waals surface area contributed by atoms with E-state index in [2.05, 4.69) is 46.9 Å². The molecule has 1 aliphatic carbocycles. The Kier molecular flexibility index (Phi) is 7.60. The lowest BCUT2D eigenvalue weighted by atomic mass is 9.91. The zero-order valence-corrected chi connectivity index (χ0v) is 22.6. The number of rotatable bonds is 6. The molecule has 4 heterocycles. The summed E-state index contributed by atoms with van der Waals surface area (Å²) in [4.78, 5) is 33.7. The number of carbonyl (C=O) groups excluding carboxylic acids is 2. The molecule has 1 N–H and O–H groups in total. The Morgan fingerprint density at radius 1 is 1.16 bits per heavy atom. The number of ether oxygens (including phenoxy) is 2. The minimum atomic E-state index is -0.374. The van der Waals surface area contributed by atoms with Gasteiger partial charge in [-0.2, -0.15) is 0 Å². The van der Waals surface area contributed by atoms with Gasteiger partial charge in [0.2, 0.25) is 0 Å². The van der Waals surface area contributed by atoms with E-state index in [-0.39, 0.29) is 18.2 Å². The van der Waals surface area contributed by atoms with Gasteiger partial charge in [-0.05, 0) is 56.9 Å². The molecule has 3 unspecified atom stereocenters. The summed E-state index contributed by atoms with van der Waals surface area (Å²) in [5.74, 6) is 1.54. The maximum absolute atomic E-state index is 12.2. The Morgan fingerprint density at radius 2 is 1.92 bits per heavy atom. The Bertz CT molecular complexity index is 1060. The lowest BCUT2D eigenvalue weighted by Gasteiger charge is -2.41. The first-order valence-corrected chi connectivity index (χ1v) is 13.8. The van der Waals surface area contributed by atoms with Crippen LogP contribution in [0.1, 0.15) is 68.7 Å². The Morgan fingerprint density at radius 3 is 2.59 bits per heavy atom. The average Bonchev–Trinajstić information content (AvgIpc) is 3.35. The zero-order valence-electron chi connectivity index (χ0n) is 22.6. The number of nitrogens with one attached hydrogen (secondary N) is 1. The van der Waals surface area contributed by atoms with E-state index < -0.39 is 0 Å². The number of hydrogen-bond acceptors (Lipinski definition) is 6. The molecule has 4 atom stereocenters. The fourth-order valence-electron chi connectivity index (χ4n) is 7.01. The van der Waals surface area contributed by atoms with Crippen molar-refractivity contribution in [1.29, 1.82) is 0 Å². The molecule has 2 amide bonds. The predicted octanol–water partition coefficient (Wildman–Crippen LogP) is 4.12. The molecule has 9 heteroatoms. The number of imidazole rings is 1. The highest BCUT2D eigenvalue weighted by atomic mass is 16.5. The third-order valence-corrected chi connectivity index (χ3v) is 8.74. The van der Waals surface area contributed by atoms with Crippen LogP contribution in [0.2, 0.25) is 0 Å². The van der Waals surface area contributed by atoms with Crippen LogP contribution in [0.3, 0.4) is 0 Å². The smallest absolute Gasteiger partial charge is 0.409 e. The molecular weight excluding hydrogens is 470 g/mol. The summed E-state index contributed by atoms with van der Waals surface area (Å²) in [7, 11) is 2.87. The number of alkyl carbamates (subject to hydrolysis) is 1. The minimum absolute atomic E-state index is 0.0456. The number of piperidine rings is 1. The SMILES string of the molecule is COC(=O)N[C@@H](CCN1C2CCC1CC(n1c(C)nc3c1CN(C(=O)OC)CC3)C2)C1=CC(C)CC=C1. The Balaban J connectivity index is 1.27. The first-order valence-electron chi connectivity index (χ1n) is 13.8. The number of allylic oxidation sites excluding steroid dienone is 2. The molecule has 202 valence electrons. The molecule has 0 radical (unpaired) electrons. The molecule has 5 rings (SSSR count). The monoisotopic (exact) mass is 511 g/mol. The number of aryl methyl sites for hydroxylation is 1. The fourth-order valence-corrected chi connectivity index (χ4v) is 7.01. The molecule has 4 aliphatic rings. The van der Waals surface area contributed by atoms with Gasteiger partial charge in [-0.25, -0.2) is 14.6 Å². The van der Waals surface area contributed by atoms with E-state index in [4.69, 9.17) is 14.5 Å². The van der Waals surface area contributed by atoms with Crippen LogP contribution in [0.25, 0.3) is 0 Å². The van der Waals surface area contributed by atoms with Gasteiger partial charge in [-0.15, -0.1) is 0 Å². The minimum Gasteiger partial charge on any atom is -0.453 e. The number of hydrogen-bond donors (Lipinski definition) is 1. The van der Waals surface area contributed by atoms with Gasteiger partial charge < -0.3 is 24.3 Å². The van der Waals surface area contributed by atoms with E-state index in [1.165, 1.54) is 38.3 Å². The number of aromatic nitrogens is 2. The van der Waals surface area contributed by atoms with Crippen LogP contribution in [0.5, 0.6) is 0 Å². The van der Waals surface area contributed by atoms with E-state index in [0.29, 0.717) is 37.1 Å². The highest BCUT2D eigenvalue weighted by Gasteiger charge is 2.42. The van der Waals surface area contributed by atoms with E-state index in [1.807, 2.05) is 0 Å². The molecule has 2 saturated heterocycles. The van der Waals surface area contributed by atoms with Crippen LogP contribution >= 0.6 is 0 Å². The van der Waals surface area contributed by atoms with Crippen LogP contribution in [0.4, 0.5) is 9.59 Å². The second-order valence-corrected chi connectivity index (χ2v) is 11.1. The van der Waals surface area contributed by atoms with Gasteiger partial charge in [-0.1, -0.05) is 25.2 Å². The normalized spacial score (nSPS) is 27.9. The number of amides is 2. The Hall–Kier alpha value is -2.81. The quantitative estimate of drug-likeness (QED) is 0.618. The summed E-state index contributed by atoms with van der Waals surface area (Å²) >= 11 is 0. The standard InChI is InChI=1S/C28H41N5O4/c1-18-6-5-7-20(14-18)24(30-27(34)36-3)11-13-32-21-8-9-22(32)16-23(15-21)33-19(2)29-25-10-12-31(17-26(25)33)28(35)37-4/h5,7,14,18,21-24H,6,8-13,15-17H2,1-4H3,(H,30,34)/t18?,21?,22?,23?,24-/m0/s1. The molecule has 9 nitrogen and oxygen atoms in total. The summed E-state index contributed by atoms with van der Waals surface area (Å²) in [5, 5.41) is 3.08. The molecule has 37 heavy (non-hydrogen) atoms. The summed E-state index contributed by atoms with van der Waals surface area (Å²) in [6.07, 6.45) is 13.3. The van der Waals surface area contributed by atoms with Gasteiger partial charge in [0.1, 0.15) is 5.82 Å². The van der Waals surface area contributed by atoms with Gasteiger partial charge in [0.25, 0.3) is 0 Å². The van der Waals surface area contributed by atoms with Crippen molar-refractivity contribution < 1.29 is 19.1 Å². The third-order valence-electron chi connectivity index (χ3n) is 8.74. The van der Waals surface area contributed by atoms with Crippen molar-refractivity contribution in [2.24, 2.45) is 5.92 Å². The maximum atomic E-state index is 12.2. The van der Waals surface area contributed by atoms with E-state index in [0.717, 1.165) is 50.2 Å². The summed E-state index contributed by atoms with van der Waals surface area (Å²) < 4.78 is 12.3. The van der Waals surface area contributed by atoms with Gasteiger partial charge in [0, 0.05) is 37.6 Å². The maximum Gasteiger partial charge on any atom is 0.409 e. The fraction of sp³-hybridized carbons (Fsp3) is 0.679. The second kappa shape index (κ2) is 10.9. The molecule has 2 bridgehead atoms. The first-order chi connectivity index (χ1) is 17.9. The summed E-state index contributed by atoms with van der Waals surface area (Å²) in [6, 6.07) is 1.40. The lowest BCUT2D eigenvalue weighted by Crippen LogP contribution is -2.47. The van der Waals surface area contributed by atoms with Crippen LogP contribution < -0.4 is 5.32 Å². The molecule has 0 saturated carbocycles. The average molecular weight is 512 g/mol. The van der Waals surface area contributed by atoms with Crippen molar-refractivity contribution in [3.05, 3.63) is 41.0 Å². The van der Waals surface area contributed by atoms with Crippen LogP contribution in [0, 0.1) is 12.8 Å². The molecule has 1 aromatic heterocycles. The highest BCUT2D eigenvalue weighted by molar-refractivity contribution is 5.68. The topological polar surface area (TPSA) is 88.9 Å². The highest BCUT2D eigenvalue weighted by Crippen LogP contribution is 2.42. The zero-order chi connectivity index (χ0) is 26.1.